The highest BCUT2D eigenvalue weighted by molar-refractivity contribution is 5.79. The Morgan fingerprint density at radius 3 is 2.18 bits per heavy atom. The van der Waals surface area contributed by atoms with Gasteiger partial charge in [0.25, 0.3) is 0 Å². The molecule has 8 heteroatoms. The van der Waals surface area contributed by atoms with Crippen LogP contribution >= 0.6 is 0 Å². The van der Waals surface area contributed by atoms with Crippen molar-refractivity contribution in [2.45, 2.75) is 65.0 Å². The van der Waals surface area contributed by atoms with Gasteiger partial charge >= 0.3 is 12.1 Å². The van der Waals surface area contributed by atoms with Gasteiger partial charge in [0.1, 0.15) is 12.1 Å². The van der Waals surface area contributed by atoms with Gasteiger partial charge in [-0.05, 0) is 43.0 Å². The summed E-state index contributed by atoms with van der Waals surface area (Å²) in [4.78, 5) is 24.1. The number of hydrazine groups is 1. The number of hydrogen-bond donors (Lipinski definition) is 3. The normalized spacial score (nSPS) is 12.4. The summed E-state index contributed by atoms with van der Waals surface area (Å²) in [6.45, 7) is 6.89. The molecule has 34 heavy (non-hydrogen) atoms. The minimum Gasteiger partial charge on any atom is -0.490 e. The highest BCUT2D eigenvalue weighted by Crippen LogP contribution is 2.30. The molecule has 0 bridgehead atoms. The second-order valence-electron chi connectivity index (χ2n) is 8.31. The molecule has 0 aromatic heterocycles. The molecule has 2 aromatic rings. The van der Waals surface area contributed by atoms with E-state index in [2.05, 4.69) is 24.7 Å². The first kappa shape index (κ1) is 27.0. The van der Waals surface area contributed by atoms with E-state index in [0.717, 1.165) is 36.8 Å². The molecule has 0 radical (unpaired) electrons. The van der Waals surface area contributed by atoms with Gasteiger partial charge in [0.15, 0.2) is 11.5 Å². The van der Waals surface area contributed by atoms with Crippen LogP contribution in [0.4, 0.5) is 4.79 Å². The standard InChI is InChI=1S/C26H36N2O6/c1-4-6-15-32-22-14-13-21(17-23(22)33-16-7-5-2)18-26(3,24(29)30)28-27-25(31)34-19-20-11-9-8-10-12-20/h8-14,17,28H,4-7,15-16,18-19H2,1-3H3,(H,27,31)(H,29,30)/t26-/m0/s1. The molecule has 186 valence electrons. The quantitative estimate of drug-likeness (QED) is 0.251. The van der Waals surface area contributed by atoms with Crippen molar-refractivity contribution in [2.75, 3.05) is 13.2 Å². The number of carbonyl (C=O) groups excluding carboxylic acids is 1. The Morgan fingerprint density at radius 1 is 0.912 bits per heavy atom. The zero-order valence-corrected chi connectivity index (χ0v) is 20.3. The second kappa shape index (κ2) is 14.1. The van der Waals surface area contributed by atoms with Crippen molar-refractivity contribution in [3.8, 4) is 11.5 Å². The van der Waals surface area contributed by atoms with Crippen molar-refractivity contribution < 1.29 is 28.9 Å². The number of amides is 1. The van der Waals surface area contributed by atoms with Crippen molar-refractivity contribution in [1.29, 1.82) is 0 Å². The molecule has 0 aliphatic heterocycles. The first-order valence-corrected chi connectivity index (χ1v) is 11.7. The third-order valence-electron chi connectivity index (χ3n) is 5.20. The van der Waals surface area contributed by atoms with Crippen LogP contribution in [0.2, 0.25) is 0 Å². The number of nitrogens with one attached hydrogen (secondary N) is 2. The SMILES string of the molecule is CCCCOc1ccc(C[C@](C)(NNC(=O)OCc2ccccc2)C(=O)O)cc1OCCCC. The predicted molar refractivity (Wildman–Crippen MR) is 130 cm³/mol. The van der Waals surface area contributed by atoms with Crippen LogP contribution in [0.3, 0.4) is 0 Å². The Morgan fingerprint density at radius 2 is 1.56 bits per heavy atom. The van der Waals surface area contributed by atoms with E-state index in [0.29, 0.717) is 24.7 Å². The average molecular weight is 473 g/mol. The Hall–Kier alpha value is -3.26. The van der Waals surface area contributed by atoms with E-state index >= 15 is 0 Å². The van der Waals surface area contributed by atoms with Crippen molar-refractivity contribution in [1.82, 2.24) is 10.9 Å². The van der Waals surface area contributed by atoms with Crippen LogP contribution in [0.5, 0.6) is 11.5 Å². The van der Waals surface area contributed by atoms with Crippen LogP contribution in [0.25, 0.3) is 0 Å². The van der Waals surface area contributed by atoms with E-state index in [1.165, 1.54) is 6.92 Å². The summed E-state index contributed by atoms with van der Waals surface area (Å²) >= 11 is 0. The van der Waals surface area contributed by atoms with Gasteiger partial charge in [-0.25, -0.2) is 10.2 Å². The molecular formula is C26H36N2O6. The van der Waals surface area contributed by atoms with Crippen LogP contribution in [0.15, 0.2) is 48.5 Å². The van der Waals surface area contributed by atoms with Crippen molar-refractivity contribution in [3.05, 3.63) is 59.7 Å². The van der Waals surface area contributed by atoms with E-state index in [9.17, 15) is 14.7 Å². The highest BCUT2D eigenvalue weighted by Gasteiger charge is 2.34. The summed E-state index contributed by atoms with van der Waals surface area (Å²) in [6, 6.07) is 14.6. The number of unbranched alkanes of at least 4 members (excludes halogenated alkanes) is 2. The average Bonchev–Trinajstić information content (AvgIpc) is 2.83. The maximum atomic E-state index is 12.1. The first-order valence-electron chi connectivity index (χ1n) is 11.7. The maximum absolute atomic E-state index is 12.1. The molecule has 1 amide bonds. The van der Waals surface area contributed by atoms with Crippen LogP contribution in [-0.4, -0.2) is 35.9 Å². The molecular weight excluding hydrogens is 436 g/mol. The molecule has 0 fully saturated rings. The molecule has 1 atom stereocenters. The lowest BCUT2D eigenvalue weighted by Crippen LogP contribution is -2.58. The fourth-order valence-electron chi connectivity index (χ4n) is 3.08. The molecule has 0 heterocycles. The number of hydrogen-bond acceptors (Lipinski definition) is 6. The lowest BCUT2D eigenvalue weighted by Gasteiger charge is -2.27. The lowest BCUT2D eigenvalue weighted by atomic mass is 9.93. The molecule has 0 unspecified atom stereocenters. The maximum Gasteiger partial charge on any atom is 0.421 e. The third-order valence-corrected chi connectivity index (χ3v) is 5.20. The van der Waals surface area contributed by atoms with Crippen molar-refractivity contribution >= 4 is 12.1 Å². The summed E-state index contributed by atoms with van der Waals surface area (Å²) in [5.41, 5.74) is 5.04. The minimum absolute atomic E-state index is 0.0795. The summed E-state index contributed by atoms with van der Waals surface area (Å²) < 4.78 is 16.9. The molecule has 3 N–H and O–H groups in total. The fourth-order valence-corrected chi connectivity index (χ4v) is 3.08. The Kier molecular flexibility index (Phi) is 11.2. The number of aliphatic carboxylic acids is 1. The van der Waals surface area contributed by atoms with Gasteiger partial charge in [-0.15, -0.1) is 0 Å². The van der Waals surface area contributed by atoms with E-state index in [1.54, 1.807) is 12.1 Å². The van der Waals surface area contributed by atoms with E-state index in [1.807, 2.05) is 36.4 Å². The zero-order chi connectivity index (χ0) is 24.8. The summed E-state index contributed by atoms with van der Waals surface area (Å²) in [5, 5.41) is 9.84. The van der Waals surface area contributed by atoms with Gasteiger partial charge in [-0.2, -0.15) is 0 Å². The predicted octanol–water partition coefficient (Wildman–Crippen LogP) is 4.86. The second-order valence-corrected chi connectivity index (χ2v) is 8.31. The van der Waals surface area contributed by atoms with Gasteiger partial charge in [-0.1, -0.05) is 63.1 Å². The summed E-state index contributed by atoms with van der Waals surface area (Å²) in [6.07, 6.45) is 3.19. The van der Waals surface area contributed by atoms with E-state index in [4.69, 9.17) is 14.2 Å². The summed E-state index contributed by atoms with van der Waals surface area (Å²) in [5.74, 6) is 0.110. The van der Waals surface area contributed by atoms with Crippen LogP contribution in [-0.2, 0) is 22.6 Å². The molecule has 0 aliphatic rings. The Labute approximate surface area is 201 Å². The monoisotopic (exact) mass is 472 g/mol. The van der Waals surface area contributed by atoms with Crippen LogP contribution < -0.4 is 20.3 Å². The molecule has 2 aromatic carbocycles. The summed E-state index contributed by atoms with van der Waals surface area (Å²) in [7, 11) is 0. The number of rotatable bonds is 15. The van der Waals surface area contributed by atoms with Gasteiger partial charge in [0.05, 0.1) is 13.2 Å². The molecule has 0 saturated heterocycles. The molecule has 2 rings (SSSR count). The lowest BCUT2D eigenvalue weighted by molar-refractivity contribution is -0.144. The number of ether oxygens (including phenoxy) is 3. The van der Waals surface area contributed by atoms with Crippen molar-refractivity contribution in [2.24, 2.45) is 0 Å². The van der Waals surface area contributed by atoms with E-state index in [-0.39, 0.29) is 13.0 Å². The van der Waals surface area contributed by atoms with E-state index < -0.39 is 17.6 Å². The smallest absolute Gasteiger partial charge is 0.421 e. The largest absolute Gasteiger partial charge is 0.490 e. The molecule has 0 aliphatic carbocycles. The van der Waals surface area contributed by atoms with Gasteiger partial charge in [0.2, 0.25) is 0 Å². The number of carboxylic acids is 1. The van der Waals surface area contributed by atoms with Crippen LogP contribution in [0, 0.1) is 0 Å². The number of carbonyl (C=O) groups is 2. The fraction of sp³-hybridized carbons (Fsp3) is 0.462. The molecule has 0 saturated carbocycles. The first-order chi connectivity index (χ1) is 16.4. The van der Waals surface area contributed by atoms with Gasteiger partial charge in [0, 0.05) is 6.42 Å². The van der Waals surface area contributed by atoms with Gasteiger partial charge in [-0.3, -0.25) is 10.2 Å². The highest BCUT2D eigenvalue weighted by atomic mass is 16.6. The number of carboxylic acid groups (broad SMARTS) is 1. The number of benzene rings is 2. The third kappa shape index (κ3) is 8.94. The molecule has 8 nitrogen and oxygen atoms in total. The Balaban J connectivity index is 2.04. The minimum atomic E-state index is -1.48. The topological polar surface area (TPSA) is 106 Å². The van der Waals surface area contributed by atoms with Crippen molar-refractivity contribution in [3.63, 3.8) is 0 Å². The van der Waals surface area contributed by atoms with Crippen LogP contribution in [0.1, 0.15) is 57.6 Å². The van der Waals surface area contributed by atoms with Gasteiger partial charge < -0.3 is 19.3 Å². The molecule has 0 spiro atoms. The zero-order valence-electron chi connectivity index (χ0n) is 20.3. The Bertz CT molecular complexity index is 905.